The summed E-state index contributed by atoms with van der Waals surface area (Å²) in [6.45, 7) is 8.21. The number of aromatic nitrogens is 2. The Balaban J connectivity index is 2.86. The highest BCUT2D eigenvalue weighted by Crippen LogP contribution is 2.17. The van der Waals surface area contributed by atoms with Gasteiger partial charge in [-0.1, -0.05) is 17.8 Å². The van der Waals surface area contributed by atoms with E-state index in [9.17, 15) is 9.90 Å². The van der Waals surface area contributed by atoms with Gasteiger partial charge in [0, 0.05) is 13.1 Å². The molecule has 1 amide bonds. The predicted octanol–water partition coefficient (Wildman–Crippen LogP) is 1.72. The Morgan fingerprint density at radius 2 is 2.11 bits per heavy atom. The van der Waals surface area contributed by atoms with E-state index >= 15 is 0 Å². The van der Waals surface area contributed by atoms with Crippen LogP contribution in [0.3, 0.4) is 0 Å². The largest absolute Gasteiger partial charge is 0.389 e. The molecule has 0 aliphatic heterocycles. The van der Waals surface area contributed by atoms with E-state index in [1.807, 2.05) is 13.8 Å². The molecular weight excluding hydrogens is 250 g/mol. The van der Waals surface area contributed by atoms with Crippen LogP contribution in [0.2, 0.25) is 0 Å². The average Bonchev–Trinajstić information content (AvgIpc) is 2.72. The number of amides is 1. The summed E-state index contributed by atoms with van der Waals surface area (Å²) >= 11 is 1.13. The fourth-order valence-electron chi connectivity index (χ4n) is 1.71. The van der Waals surface area contributed by atoms with Crippen LogP contribution >= 0.6 is 11.5 Å². The van der Waals surface area contributed by atoms with E-state index in [0.29, 0.717) is 18.0 Å². The van der Waals surface area contributed by atoms with Gasteiger partial charge in [0.15, 0.2) is 0 Å². The third-order valence-corrected chi connectivity index (χ3v) is 3.24. The first-order valence-corrected chi connectivity index (χ1v) is 6.99. The summed E-state index contributed by atoms with van der Waals surface area (Å²) < 4.78 is 3.86. The van der Waals surface area contributed by atoms with E-state index in [2.05, 4.69) is 9.59 Å². The van der Waals surface area contributed by atoms with Crippen molar-refractivity contribution in [2.75, 3.05) is 13.1 Å². The van der Waals surface area contributed by atoms with Crippen molar-refractivity contribution in [3.05, 3.63) is 10.6 Å². The van der Waals surface area contributed by atoms with E-state index in [0.717, 1.165) is 30.1 Å². The van der Waals surface area contributed by atoms with Crippen LogP contribution in [-0.2, 0) is 6.42 Å². The molecule has 1 aromatic rings. The van der Waals surface area contributed by atoms with Crippen LogP contribution < -0.4 is 0 Å². The maximum Gasteiger partial charge on any atom is 0.267 e. The molecule has 0 saturated carbocycles. The fourth-order valence-corrected chi connectivity index (χ4v) is 2.39. The quantitative estimate of drug-likeness (QED) is 0.855. The van der Waals surface area contributed by atoms with Crippen molar-refractivity contribution in [2.24, 2.45) is 0 Å². The number of carbonyl (C=O) groups excluding carboxylic acids is 1. The summed E-state index contributed by atoms with van der Waals surface area (Å²) in [7, 11) is 0. The van der Waals surface area contributed by atoms with Crippen molar-refractivity contribution in [1.29, 1.82) is 0 Å². The molecule has 0 spiro atoms. The topological polar surface area (TPSA) is 66.3 Å². The molecule has 1 heterocycles. The molecule has 102 valence electrons. The first kappa shape index (κ1) is 15.0. The number of hydrogen-bond donors (Lipinski definition) is 1. The Hall–Kier alpha value is -1.01. The molecule has 0 aliphatic carbocycles. The predicted molar refractivity (Wildman–Crippen MR) is 71.8 cm³/mol. The number of hydrogen-bond acceptors (Lipinski definition) is 5. The third-order valence-electron chi connectivity index (χ3n) is 2.48. The van der Waals surface area contributed by atoms with E-state index in [1.54, 1.807) is 18.7 Å². The number of rotatable bonds is 6. The van der Waals surface area contributed by atoms with Crippen LogP contribution in [0.25, 0.3) is 0 Å². The van der Waals surface area contributed by atoms with Gasteiger partial charge in [0.05, 0.1) is 11.3 Å². The zero-order valence-electron chi connectivity index (χ0n) is 11.4. The Kier molecular flexibility index (Phi) is 5.22. The maximum absolute atomic E-state index is 12.4. The number of aryl methyl sites for hydroxylation is 1. The molecule has 0 bridgehead atoms. The van der Waals surface area contributed by atoms with Crippen molar-refractivity contribution in [1.82, 2.24) is 14.5 Å². The summed E-state index contributed by atoms with van der Waals surface area (Å²) in [5, 5.41) is 13.8. The number of carbonyl (C=O) groups is 1. The van der Waals surface area contributed by atoms with Gasteiger partial charge in [-0.3, -0.25) is 4.79 Å². The summed E-state index contributed by atoms with van der Waals surface area (Å²) in [6, 6.07) is 0. The second-order valence-corrected chi connectivity index (χ2v) is 5.68. The Bertz CT molecular complexity index is 398. The van der Waals surface area contributed by atoms with Gasteiger partial charge in [-0.2, -0.15) is 0 Å². The van der Waals surface area contributed by atoms with Crippen LogP contribution in [0.1, 0.15) is 49.5 Å². The van der Waals surface area contributed by atoms with Gasteiger partial charge in [-0.15, -0.1) is 5.10 Å². The molecule has 1 aromatic heterocycles. The summed E-state index contributed by atoms with van der Waals surface area (Å²) in [5.74, 6) is -0.0851. The van der Waals surface area contributed by atoms with Gasteiger partial charge in [0.25, 0.3) is 5.91 Å². The Morgan fingerprint density at radius 1 is 1.44 bits per heavy atom. The smallest absolute Gasteiger partial charge is 0.267 e. The lowest BCUT2D eigenvalue weighted by Gasteiger charge is -2.27. The van der Waals surface area contributed by atoms with Crippen molar-refractivity contribution in [2.45, 2.75) is 46.1 Å². The summed E-state index contributed by atoms with van der Waals surface area (Å²) in [4.78, 5) is 14.6. The van der Waals surface area contributed by atoms with E-state index < -0.39 is 5.60 Å². The number of nitrogens with zero attached hydrogens (tertiary/aromatic N) is 3. The standard InChI is InChI=1S/C12H21N3O2S/c1-5-7-9-10(18-14-13-9)11(16)15(6-2)8-12(3,4)17/h17H,5-8H2,1-4H3. The molecule has 6 heteroatoms. The summed E-state index contributed by atoms with van der Waals surface area (Å²) in [5.41, 5.74) is -0.129. The molecule has 5 nitrogen and oxygen atoms in total. The monoisotopic (exact) mass is 271 g/mol. The molecule has 0 atom stereocenters. The van der Waals surface area contributed by atoms with Crippen LogP contribution in [-0.4, -0.2) is 44.2 Å². The number of aliphatic hydroxyl groups is 1. The number of likely N-dealkylation sites (N-methyl/N-ethyl adjacent to an activating group) is 1. The zero-order chi connectivity index (χ0) is 13.8. The van der Waals surface area contributed by atoms with Gasteiger partial charge >= 0.3 is 0 Å². The molecule has 0 unspecified atom stereocenters. The zero-order valence-corrected chi connectivity index (χ0v) is 12.3. The van der Waals surface area contributed by atoms with Gasteiger partial charge in [0.2, 0.25) is 0 Å². The second-order valence-electron chi connectivity index (χ2n) is 4.93. The lowest BCUT2D eigenvalue weighted by Crippen LogP contribution is -2.42. The molecule has 1 rings (SSSR count). The SMILES string of the molecule is CCCc1nnsc1C(=O)N(CC)CC(C)(C)O. The highest BCUT2D eigenvalue weighted by molar-refractivity contribution is 7.08. The van der Waals surface area contributed by atoms with Crippen molar-refractivity contribution in [3.8, 4) is 0 Å². The highest BCUT2D eigenvalue weighted by Gasteiger charge is 2.25. The third kappa shape index (κ3) is 4.03. The van der Waals surface area contributed by atoms with Gasteiger partial charge in [0.1, 0.15) is 4.88 Å². The van der Waals surface area contributed by atoms with E-state index in [-0.39, 0.29) is 5.91 Å². The first-order chi connectivity index (χ1) is 8.39. The molecule has 1 N–H and O–H groups in total. The molecular formula is C12H21N3O2S. The maximum atomic E-state index is 12.4. The van der Waals surface area contributed by atoms with Crippen molar-refractivity contribution in [3.63, 3.8) is 0 Å². The van der Waals surface area contributed by atoms with Crippen molar-refractivity contribution >= 4 is 17.4 Å². The van der Waals surface area contributed by atoms with Crippen LogP contribution in [0.4, 0.5) is 0 Å². The van der Waals surface area contributed by atoms with Crippen molar-refractivity contribution < 1.29 is 9.90 Å². The van der Waals surface area contributed by atoms with Gasteiger partial charge in [-0.05, 0) is 38.7 Å². The minimum absolute atomic E-state index is 0.0851. The fraction of sp³-hybridized carbons (Fsp3) is 0.750. The van der Waals surface area contributed by atoms with Crippen LogP contribution in [0, 0.1) is 0 Å². The molecule has 0 aromatic carbocycles. The lowest BCUT2D eigenvalue weighted by molar-refractivity contribution is 0.0316. The molecule has 0 aliphatic rings. The lowest BCUT2D eigenvalue weighted by atomic mass is 10.1. The molecule has 0 fully saturated rings. The molecule has 18 heavy (non-hydrogen) atoms. The van der Waals surface area contributed by atoms with Gasteiger partial charge in [-0.25, -0.2) is 0 Å². The Morgan fingerprint density at radius 3 is 2.61 bits per heavy atom. The molecule has 0 saturated heterocycles. The summed E-state index contributed by atoms with van der Waals surface area (Å²) in [6.07, 6.45) is 1.70. The molecule has 0 radical (unpaired) electrons. The average molecular weight is 271 g/mol. The van der Waals surface area contributed by atoms with Gasteiger partial charge < -0.3 is 10.0 Å². The minimum atomic E-state index is -0.894. The normalized spacial score (nSPS) is 11.6. The minimum Gasteiger partial charge on any atom is -0.389 e. The second kappa shape index (κ2) is 6.24. The van der Waals surface area contributed by atoms with E-state index in [4.69, 9.17) is 0 Å². The van der Waals surface area contributed by atoms with Crippen LogP contribution in [0.15, 0.2) is 0 Å². The Labute approximate surface area is 112 Å². The van der Waals surface area contributed by atoms with Crippen LogP contribution in [0.5, 0.6) is 0 Å². The highest BCUT2D eigenvalue weighted by atomic mass is 32.1. The van der Waals surface area contributed by atoms with E-state index in [1.165, 1.54) is 0 Å². The first-order valence-electron chi connectivity index (χ1n) is 6.22.